The van der Waals surface area contributed by atoms with E-state index in [1.165, 1.54) is 18.0 Å². The van der Waals surface area contributed by atoms with Crippen molar-refractivity contribution in [1.82, 2.24) is 4.98 Å². The van der Waals surface area contributed by atoms with Gasteiger partial charge in [-0.25, -0.2) is 4.98 Å². The molecule has 0 saturated carbocycles. The number of benzene rings is 1. The number of rotatable bonds is 5. The highest BCUT2D eigenvalue weighted by Gasteiger charge is 2.15. The summed E-state index contributed by atoms with van der Waals surface area (Å²) in [7, 11) is 1.62. The summed E-state index contributed by atoms with van der Waals surface area (Å²) in [5.74, 6) is 1.18. The van der Waals surface area contributed by atoms with Crippen LogP contribution in [0.4, 0.5) is 5.82 Å². The van der Waals surface area contributed by atoms with E-state index in [9.17, 15) is 4.79 Å². The highest BCUT2D eigenvalue weighted by molar-refractivity contribution is 8.00. The summed E-state index contributed by atoms with van der Waals surface area (Å²) < 4.78 is 5.10. The minimum atomic E-state index is -0.240. The van der Waals surface area contributed by atoms with Crippen LogP contribution in [-0.2, 0) is 4.79 Å². The zero-order valence-electron chi connectivity index (χ0n) is 11.7. The molecule has 4 nitrogen and oxygen atoms in total. The van der Waals surface area contributed by atoms with E-state index in [-0.39, 0.29) is 11.2 Å². The summed E-state index contributed by atoms with van der Waals surface area (Å²) in [4.78, 5) is 17.1. The molecule has 0 radical (unpaired) electrons. The number of thioether (sulfide) groups is 1. The Kier molecular flexibility index (Phi) is 5.47. The van der Waals surface area contributed by atoms with E-state index < -0.39 is 0 Å². The lowest BCUT2D eigenvalue weighted by atomic mass is 10.3. The van der Waals surface area contributed by atoms with Crippen molar-refractivity contribution in [2.24, 2.45) is 0 Å². The fraction of sp³-hybridized carbons (Fsp3) is 0.200. The molecule has 2 rings (SSSR count). The van der Waals surface area contributed by atoms with Crippen molar-refractivity contribution >= 4 is 35.1 Å². The molecular formula is C15H15ClN2O2S. The average Bonchev–Trinajstić information content (AvgIpc) is 2.50. The van der Waals surface area contributed by atoms with E-state index in [2.05, 4.69) is 10.3 Å². The largest absolute Gasteiger partial charge is 0.497 e. The molecule has 1 atom stereocenters. The number of carbonyl (C=O) groups excluding carboxylic acids is 1. The van der Waals surface area contributed by atoms with Crippen LogP contribution < -0.4 is 10.1 Å². The van der Waals surface area contributed by atoms with Crippen molar-refractivity contribution in [3.8, 4) is 5.75 Å². The van der Waals surface area contributed by atoms with Gasteiger partial charge in [-0.15, -0.1) is 11.8 Å². The van der Waals surface area contributed by atoms with Gasteiger partial charge in [0.2, 0.25) is 5.91 Å². The first-order valence-corrected chi connectivity index (χ1v) is 7.57. The van der Waals surface area contributed by atoms with E-state index in [1.54, 1.807) is 19.2 Å². The fourth-order valence-corrected chi connectivity index (χ4v) is 2.57. The summed E-state index contributed by atoms with van der Waals surface area (Å²) >= 11 is 7.23. The molecule has 1 heterocycles. The van der Waals surface area contributed by atoms with Crippen LogP contribution in [0.25, 0.3) is 0 Å². The van der Waals surface area contributed by atoms with Gasteiger partial charge in [0.1, 0.15) is 11.6 Å². The lowest BCUT2D eigenvalue weighted by Gasteiger charge is -2.11. The minimum Gasteiger partial charge on any atom is -0.497 e. The van der Waals surface area contributed by atoms with Gasteiger partial charge in [0.05, 0.1) is 17.4 Å². The van der Waals surface area contributed by atoms with Crippen molar-refractivity contribution in [2.45, 2.75) is 17.1 Å². The second-order valence-corrected chi connectivity index (χ2v) is 6.14. The molecule has 1 amide bonds. The summed E-state index contributed by atoms with van der Waals surface area (Å²) in [5.41, 5.74) is 0. The van der Waals surface area contributed by atoms with Gasteiger partial charge in [-0.3, -0.25) is 4.79 Å². The van der Waals surface area contributed by atoms with Crippen LogP contribution in [0.2, 0.25) is 5.02 Å². The van der Waals surface area contributed by atoms with Crippen molar-refractivity contribution in [2.75, 3.05) is 12.4 Å². The quantitative estimate of drug-likeness (QED) is 0.849. The number of carbonyl (C=O) groups is 1. The van der Waals surface area contributed by atoms with E-state index in [4.69, 9.17) is 16.3 Å². The first kappa shape index (κ1) is 15.7. The van der Waals surface area contributed by atoms with E-state index in [0.717, 1.165) is 10.6 Å². The highest BCUT2D eigenvalue weighted by Crippen LogP contribution is 2.26. The molecule has 0 bridgehead atoms. The SMILES string of the molecule is COc1ccc(S[C@H](C)C(=O)Nc2ccc(Cl)cn2)cc1. The molecular weight excluding hydrogens is 308 g/mol. The van der Waals surface area contributed by atoms with E-state index >= 15 is 0 Å². The number of halogens is 1. The van der Waals surface area contributed by atoms with Crippen molar-refractivity contribution in [3.63, 3.8) is 0 Å². The topological polar surface area (TPSA) is 51.2 Å². The maximum atomic E-state index is 12.1. The van der Waals surface area contributed by atoms with Gasteiger partial charge >= 0.3 is 0 Å². The molecule has 2 aromatic rings. The van der Waals surface area contributed by atoms with Gasteiger partial charge in [0, 0.05) is 11.1 Å². The predicted octanol–water partition coefficient (Wildman–Crippen LogP) is 3.86. The third-order valence-electron chi connectivity index (χ3n) is 2.72. The Morgan fingerprint density at radius 1 is 1.29 bits per heavy atom. The molecule has 0 aliphatic carbocycles. The Labute approximate surface area is 132 Å². The van der Waals surface area contributed by atoms with Crippen molar-refractivity contribution in [1.29, 1.82) is 0 Å². The molecule has 1 N–H and O–H groups in total. The molecule has 0 aliphatic heterocycles. The molecule has 0 fully saturated rings. The maximum Gasteiger partial charge on any atom is 0.238 e. The van der Waals surface area contributed by atoms with Gasteiger partial charge < -0.3 is 10.1 Å². The molecule has 0 saturated heterocycles. The second-order valence-electron chi connectivity index (χ2n) is 4.29. The smallest absolute Gasteiger partial charge is 0.238 e. The van der Waals surface area contributed by atoms with Crippen LogP contribution in [-0.4, -0.2) is 23.3 Å². The number of anilines is 1. The van der Waals surface area contributed by atoms with Gasteiger partial charge in [-0.05, 0) is 43.3 Å². The Bertz CT molecular complexity index is 602. The number of amides is 1. The summed E-state index contributed by atoms with van der Waals surface area (Å²) in [6.45, 7) is 1.85. The third-order valence-corrected chi connectivity index (χ3v) is 4.06. The fourth-order valence-electron chi connectivity index (χ4n) is 1.59. The number of hydrogen-bond donors (Lipinski definition) is 1. The van der Waals surface area contributed by atoms with Gasteiger partial charge in [-0.1, -0.05) is 11.6 Å². The average molecular weight is 323 g/mol. The van der Waals surface area contributed by atoms with E-state index in [0.29, 0.717) is 10.8 Å². The van der Waals surface area contributed by atoms with Crippen LogP contribution in [0.15, 0.2) is 47.5 Å². The first-order chi connectivity index (χ1) is 10.1. The second kappa shape index (κ2) is 7.33. The number of ether oxygens (including phenoxy) is 1. The predicted molar refractivity (Wildman–Crippen MR) is 86.2 cm³/mol. The molecule has 21 heavy (non-hydrogen) atoms. The third kappa shape index (κ3) is 4.65. The van der Waals surface area contributed by atoms with Gasteiger partial charge in [0.25, 0.3) is 0 Å². The van der Waals surface area contributed by atoms with Crippen LogP contribution >= 0.6 is 23.4 Å². The zero-order valence-corrected chi connectivity index (χ0v) is 13.2. The zero-order chi connectivity index (χ0) is 15.2. The van der Waals surface area contributed by atoms with Crippen molar-refractivity contribution < 1.29 is 9.53 Å². The summed E-state index contributed by atoms with van der Waals surface area (Å²) in [5, 5.41) is 3.05. The molecule has 1 aromatic heterocycles. The van der Waals surface area contributed by atoms with Crippen LogP contribution in [0.3, 0.4) is 0 Å². The number of hydrogen-bond acceptors (Lipinski definition) is 4. The Hall–Kier alpha value is -1.72. The number of nitrogens with one attached hydrogen (secondary N) is 1. The number of methoxy groups -OCH3 is 1. The van der Waals surface area contributed by atoms with E-state index in [1.807, 2.05) is 31.2 Å². The molecule has 6 heteroatoms. The minimum absolute atomic E-state index is 0.106. The molecule has 0 aliphatic rings. The summed E-state index contributed by atoms with van der Waals surface area (Å²) in [6, 6.07) is 10.9. The maximum absolute atomic E-state index is 12.1. The molecule has 1 aromatic carbocycles. The first-order valence-electron chi connectivity index (χ1n) is 6.31. The molecule has 0 spiro atoms. The lowest BCUT2D eigenvalue weighted by Crippen LogP contribution is -2.22. The normalized spacial score (nSPS) is 11.8. The summed E-state index contributed by atoms with van der Waals surface area (Å²) in [6.07, 6.45) is 1.50. The van der Waals surface area contributed by atoms with Crippen LogP contribution in [0, 0.1) is 0 Å². The standard InChI is InChI=1S/C15H15ClN2O2S/c1-10(21-13-6-4-12(20-2)5-7-13)15(19)18-14-8-3-11(16)9-17-14/h3-10H,1-2H3,(H,17,18,19)/t10-/m1/s1. The Morgan fingerprint density at radius 2 is 2.00 bits per heavy atom. The highest BCUT2D eigenvalue weighted by atomic mass is 35.5. The number of aromatic nitrogens is 1. The van der Waals surface area contributed by atoms with Crippen LogP contribution in [0.1, 0.15) is 6.92 Å². The van der Waals surface area contributed by atoms with Gasteiger partial charge in [0.15, 0.2) is 0 Å². The Balaban J connectivity index is 1.93. The molecule has 0 unspecified atom stereocenters. The number of pyridine rings is 1. The Morgan fingerprint density at radius 3 is 2.57 bits per heavy atom. The monoisotopic (exact) mass is 322 g/mol. The lowest BCUT2D eigenvalue weighted by molar-refractivity contribution is -0.115. The number of nitrogens with zero attached hydrogens (tertiary/aromatic N) is 1. The van der Waals surface area contributed by atoms with Crippen LogP contribution in [0.5, 0.6) is 5.75 Å². The van der Waals surface area contributed by atoms with Crippen molar-refractivity contribution in [3.05, 3.63) is 47.6 Å². The van der Waals surface area contributed by atoms with Gasteiger partial charge in [-0.2, -0.15) is 0 Å². The molecule has 110 valence electrons.